The van der Waals surface area contributed by atoms with Crippen LogP contribution >= 0.6 is 0 Å². The molecule has 2 heteroatoms. The van der Waals surface area contributed by atoms with Crippen molar-refractivity contribution in [2.24, 2.45) is 0 Å². The number of benzene rings is 2. The zero-order valence-corrected chi connectivity index (χ0v) is 12.5. The van der Waals surface area contributed by atoms with Crippen molar-refractivity contribution in [2.75, 3.05) is 18.5 Å². The van der Waals surface area contributed by atoms with E-state index in [1.165, 1.54) is 11.1 Å². The first-order chi connectivity index (χ1) is 9.54. The molecule has 0 aliphatic rings. The highest BCUT2D eigenvalue weighted by molar-refractivity contribution is 5.65. The maximum atomic E-state index is 5.68. The highest BCUT2D eigenvalue weighted by Gasteiger charge is 2.08. The summed E-state index contributed by atoms with van der Waals surface area (Å²) in [6.07, 6.45) is 0. The first kappa shape index (κ1) is 14.6. The van der Waals surface area contributed by atoms with Gasteiger partial charge in [0.2, 0.25) is 0 Å². The molecule has 0 aromatic heterocycles. The lowest BCUT2D eigenvalue weighted by atomic mass is 10.1. The third-order valence-electron chi connectivity index (χ3n) is 2.96. The lowest BCUT2D eigenvalue weighted by Crippen LogP contribution is -2.23. The standard InChI is InChI=1S/C18H23NO/c1-18(2,3)20-14-13-19-17-11-9-16(10-12-17)15-7-5-4-6-8-15/h4-12,19H,13-14H2,1-3H3. The van der Waals surface area contributed by atoms with E-state index in [1.807, 2.05) is 6.07 Å². The first-order valence-corrected chi connectivity index (χ1v) is 7.08. The van der Waals surface area contributed by atoms with Gasteiger partial charge >= 0.3 is 0 Å². The molecule has 0 saturated carbocycles. The highest BCUT2D eigenvalue weighted by atomic mass is 16.5. The van der Waals surface area contributed by atoms with E-state index in [0.29, 0.717) is 6.61 Å². The Balaban J connectivity index is 1.86. The number of rotatable bonds is 5. The van der Waals surface area contributed by atoms with Crippen LogP contribution < -0.4 is 5.32 Å². The Morgan fingerprint density at radius 1 is 0.850 bits per heavy atom. The fraction of sp³-hybridized carbons (Fsp3) is 0.333. The number of ether oxygens (including phenoxy) is 1. The Morgan fingerprint density at radius 3 is 2.05 bits per heavy atom. The molecule has 0 unspecified atom stereocenters. The van der Waals surface area contributed by atoms with Gasteiger partial charge in [-0.15, -0.1) is 0 Å². The average molecular weight is 269 g/mol. The van der Waals surface area contributed by atoms with Gasteiger partial charge in [0.15, 0.2) is 0 Å². The largest absolute Gasteiger partial charge is 0.383 e. The van der Waals surface area contributed by atoms with Crippen LogP contribution in [-0.2, 0) is 4.74 Å². The van der Waals surface area contributed by atoms with Gasteiger partial charge in [0.05, 0.1) is 12.2 Å². The van der Waals surface area contributed by atoms with Crippen LogP contribution in [0.25, 0.3) is 11.1 Å². The second kappa shape index (κ2) is 6.58. The molecule has 0 aliphatic carbocycles. The van der Waals surface area contributed by atoms with Crippen LogP contribution in [0.2, 0.25) is 0 Å². The van der Waals surface area contributed by atoms with Gasteiger partial charge in [-0.3, -0.25) is 0 Å². The van der Waals surface area contributed by atoms with Gasteiger partial charge in [0.25, 0.3) is 0 Å². The van der Waals surface area contributed by atoms with E-state index in [4.69, 9.17) is 4.74 Å². The van der Waals surface area contributed by atoms with Crippen LogP contribution in [0, 0.1) is 0 Å². The molecule has 2 aromatic rings. The summed E-state index contributed by atoms with van der Waals surface area (Å²) in [6, 6.07) is 18.9. The van der Waals surface area contributed by atoms with Crippen LogP contribution in [0.3, 0.4) is 0 Å². The van der Waals surface area contributed by atoms with Crippen LogP contribution in [0.15, 0.2) is 54.6 Å². The van der Waals surface area contributed by atoms with Crippen molar-refractivity contribution in [1.82, 2.24) is 0 Å². The molecule has 0 spiro atoms. The monoisotopic (exact) mass is 269 g/mol. The molecule has 106 valence electrons. The summed E-state index contributed by atoms with van der Waals surface area (Å²) in [5.41, 5.74) is 3.54. The van der Waals surface area contributed by atoms with Gasteiger partial charge in [-0.05, 0) is 44.0 Å². The maximum absolute atomic E-state index is 5.68. The predicted molar refractivity (Wildman–Crippen MR) is 86.1 cm³/mol. The Bertz CT molecular complexity index is 511. The summed E-state index contributed by atoms with van der Waals surface area (Å²) in [7, 11) is 0. The number of hydrogen-bond donors (Lipinski definition) is 1. The van der Waals surface area contributed by atoms with Gasteiger partial charge in [-0.2, -0.15) is 0 Å². The summed E-state index contributed by atoms with van der Waals surface area (Å²) in [4.78, 5) is 0. The predicted octanol–water partition coefficient (Wildman–Crippen LogP) is 4.58. The van der Waals surface area contributed by atoms with E-state index in [2.05, 4.69) is 74.6 Å². The molecule has 0 radical (unpaired) electrons. The third-order valence-corrected chi connectivity index (χ3v) is 2.96. The summed E-state index contributed by atoms with van der Waals surface area (Å²) in [5, 5.41) is 3.37. The van der Waals surface area contributed by atoms with E-state index < -0.39 is 0 Å². The molecule has 1 N–H and O–H groups in total. The molecule has 0 amide bonds. The van der Waals surface area contributed by atoms with Gasteiger partial charge in [0, 0.05) is 12.2 Å². The molecule has 2 nitrogen and oxygen atoms in total. The maximum Gasteiger partial charge on any atom is 0.0646 e. The minimum atomic E-state index is -0.0706. The molecule has 0 fully saturated rings. The second-order valence-corrected chi connectivity index (χ2v) is 5.83. The molecule has 0 bridgehead atoms. The summed E-state index contributed by atoms with van der Waals surface area (Å²) in [6.45, 7) is 7.75. The zero-order chi connectivity index (χ0) is 14.4. The topological polar surface area (TPSA) is 21.3 Å². The number of nitrogens with one attached hydrogen (secondary N) is 1. The summed E-state index contributed by atoms with van der Waals surface area (Å²) in [5.74, 6) is 0. The molecule has 2 rings (SSSR count). The third kappa shape index (κ3) is 4.71. The average Bonchev–Trinajstić information content (AvgIpc) is 2.44. The fourth-order valence-electron chi connectivity index (χ4n) is 1.96. The Hall–Kier alpha value is -1.80. The molecule has 0 atom stereocenters. The van der Waals surface area contributed by atoms with Crippen molar-refractivity contribution < 1.29 is 4.74 Å². The van der Waals surface area contributed by atoms with Crippen LogP contribution in [-0.4, -0.2) is 18.8 Å². The van der Waals surface area contributed by atoms with Crippen LogP contribution in [0.1, 0.15) is 20.8 Å². The highest BCUT2D eigenvalue weighted by Crippen LogP contribution is 2.20. The SMILES string of the molecule is CC(C)(C)OCCNc1ccc(-c2ccccc2)cc1. The van der Waals surface area contributed by atoms with Gasteiger partial charge in [-0.25, -0.2) is 0 Å². The van der Waals surface area contributed by atoms with E-state index in [1.54, 1.807) is 0 Å². The van der Waals surface area contributed by atoms with Crippen molar-refractivity contribution in [3.63, 3.8) is 0 Å². The summed E-state index contributed by atoms with van der Waals surface area (Å²) >= 11 is 0. The van der Waals surface area contributed by atoms with Gasteiger partial charge in [-0.1, -0.05) is 42.5 Å². The normalized spacial score (nSPS) is 11.3. The molecule has 20 heavy (non-hydrogen) atoms. The Morgan fingerprint density at radius 2 is 1.45 bits per heavy atom. The lowest BCUT2D eigenvalue weighted by Gasteiger charge is -2.19. The molecule has 0 aliphatic heterocycles. The van der Waals surface area contributed by atoms with Crippen molar-refractivity contribution in [3.05, 3.63) is 54.6 Å². The van der Waals surface area contributed by atoms with E-state index in [9.17, 15) is 0 Å². The summed E-state index contributed by atoms with van der Waals surface area (Å²) < 4.78 is 5.68. The Labute approximate surface area is 121 Å². The van der Waals surface area contributed by atoms with Crippen LogP contribution in [0.4, 0.5) is 5.69 Å². The smallest absolute Gasteiger partial charge is 0.0646 e. The molecule has 0 heterocycles. The Kier molecular flexibility index (Phi) is 4.80. The molecular formula is C18H23NO. The van der Waals surface area contributed by atoms with Gasteiger partial charge < -0.3 is 10.1 Å². The van der Waals surface area contributed by atoms with Crippen molar-refractivity contribution in [3.8, 4) is 11.1 Å². The van der Waals surface area contributed by atoms with Crippen molar-refractivity contribution >= 4 is 5.69 Å². The minimum absolute atomic E-state index is 0.0706. The van der Waals surface area contributed by atoms with E-state index in [-0.39, 0.29) is 5.60 Å². The zero-order valence-electron chi connectivity index (χ0n) is 12.5. The van der Waals surface area contributed by atoms with E-state index in [0.717, 1.165) is 12.2 Å². The van der Waals surface area contributed by atoms with Crippen molar-refractivity contribution in [2.45, 2.75) is 26.4 Å². The first-order valence-electron chi connectivity index (χ1n) is 7.08. The van der Waals surface area contributed by atoms with Crippen molar-refractivity contribution in [1.29, 1.82) is 0 Å². The fourth-order valence-corrected chi connectivity index (χ4v) is 1.96. The van der Waals surface area contributed by atoms with E-state index >= 15 is 0 Å². The molecule has 0 saturated heterocycles. The molecule has 2 aromatic carbocycles. The quantitative estimate of drug-likeness (QED) is 0.802. The molecular weight excluding hydrogens is 246 g/mol. The van der Waals surface area contributed by atoms with Crippen LogP contribution in [0.5, 0.6) is 0 Å². The lowest BCUT2D eigenvalue weighted by molar-refractivity contribution is 0.00333. The second-order valence-electron chi connectivity index (χ2n) is 5.83. The minimum Gasteiger partial charge on any atom is -0.383 e. The number of hydrogen-bond acceptors (Lipinski definition) is 2. The number of anilines is 1. The van der Waals surface area contributed by atoms with Gasteiger partial charge in [0.1, 0.15) is 0 Å².